The molecule has 1 aromatic heterocycles. The predicted octanol–water partition coefficient (Wildman–Crippen LogP) is 5.15. The highest BCUT2D eigenvalue weighted by Crippen LogP contribution is 2.38. The van der Waals surface area contributed by atoms with Gasteiger partial charge in [0.1, 0.15) is 11.3 Å². The first kappa shape index (κ1) is 14.4. The van der Waals surface area contributed by atoms with Gasteiger partial charge in [-0.3, -0.25) is 4.79 Å². The number of benzene rings is 1. The molecule has 100 valence electrons. The van der Waals surface area contributed by atoms with Crippen molar-refractivity contribution in [2.45, 2.75) is 19.8 Å². The van der Waals surface area contributed by atoms with Crippen LogP contribution in [0, 0.1) is 0 Å². The van der Waals surface area contributed by atoms with Crippen LogP contribution < -0.4 is 0 Å². The molecule has 19 heavy (non-hydrogen) atoms. The summed E-state index contributed by atoms with van der Waals surface area (Å²) in [5.41, 5.74) is 0.941. The molecular formula is C13H10Cl3NO2. The van der Waals surface area contributed by atoms with E-state index < -0.39 is 5.24 Å². The van der Waals surface area contributed by atoms with Crippen molar-refractivity contribution in [2.75, 3.05) is 0 Å². The second-order valence-electron chi connectivity index (χ2n) is 4.30. The molecule has 0 spiro atoms. The molecule has 6 heteroatoms. The monoisotopic (exact) mass is 317 g/mol. The summed E-state index contributed by atoms with van der Waals surface area (Å²) in [6, 6.07) is 5.03. The van der Waals surface area contributed by atoms with Gasteiger partial charge in [-0.15, -0.1) is 0 Å². The molecule has 3 nitrogen and oxygen atoms in total. The largest absolute Gasteiger partial charge is 0.360 e. The summed E-state index contributed by atoms with van der Waals surface area (Å²) in [6.07, 6.45) is 0. The van der Waals surface area contributed by atoms with Gasteiger partial charge < -0.3 is 4.52 Å². The lowest BCUT2D eigenvalue weighted by Gasteiger charge is -2.05. The summed E-state index contributed by atoms with van der Waals surface area (Å²) in [5, 5.41) is 4.03. The Kier molecular flexibility index (Phi) is 4.19. The van der Waals surface area contributed by atoms with E-state index in [-0.39, 0.29) is 17.2 Å². The van der Waals surface area contributed by atoms with Crippen LogP contribution >= 0.6 is 34.8 Å². The molecule has 0 amide bonds. The summed E-state index contributed by atoms with van der Waals surface area (Å²) in [4.78, 5) is 11.6. The van der Waals surface area contributed by atoms with Crippen molar-refractivity contribution in [1.29, 1.82) is 0 Å². The first-order valence-electron chi connectivity index (χ1n) is 5.57. The third-order valence-electron chi connectivity index (χ3n) is 2.64. The van der Waals surface area contributed by atoms with Gasteiger partial charge in [-0.2, -0.15) is 0 Å². The molecule has 0 saturated heterocycles. The smallest absolute Gasteiger partial charge is 0.258 e. The van der Waals surface area contributed by atoms with E-state index in [2.05, 4.69) is 5.16 Å². The Balaban J connectivity index is 2.73. The molecule has 0 aliphatic carbocycles. The average molecular weight is 319 g/mol. The molecule has 0 fully saturated rings. The fourth-order valence-electron chi connectivity index (χ4n) is 1.78. The van der Waals surface area contributed by atoms with Gasteiger partial charge in [-0.05, 0) is 23.7 Å². The molecule has 0 saturated carbocycles. The van der Waals surface area contributed by atoms with Crippen molar-refractivity contribution in [3.05, 3.63) is 39.6 Å². The van der Waals surface area contributed by atoms with E-state index in [0.29, 0.717) is 21.4 Å². The Morgan fingerprint density at radius 3 is 2.32 bits per heavy atom. The number of hydrogen-bond acceptors (Lipinski definition) is 3. The van der Waals surface area contributed by atoms with E-state index in [9.17, 15) is 4.79 Å². The van der Waals surface area contributed by atoms with Crippen molar-refractivity contribution in [1.82, 2.24) is 5.16 Å². The lowest BCUT2D eigenvalue weighted by Crippen LogP contribution is -1.98. The molecule has 0 aliphatic rings. The number of halogens is 3. The first-order chi connectivity index (χ1) is 8.93. The van der Waals surface area contributed by atoms with Crippen LogP contribution in [0.1, 0.15) is 35.9 Å². The SMILES string of the molecule is CC(C)c1onc(-c2c(Cl)cccc2Cl)c1C(=O)Cl. The van der Waals surface area contributed by atoms with Gasteiger partial charge in [0.15, 0.2) is 5.76 Å². The molecule has 0 unspecified atom stereocenters. The van der Waals surface area contributed by atoms with Crippen molar-refractivity contribution in [3.8, 4) is 11.3 Å². The number of hydrogen-bond donors (Lipinski definition) is 0. The van der Waals surface area contributed by atoms with Crippen molar-refractivity contribution in [3.63, 3.8) is 0 Å². The van der Waals surface area contributed by atoms with Gasteiger partial charge >= 0.3 is 0 Å². The van der Waals surface area contributed by atoms with Gasteiger partial charge in [0.05, 0.1) is 10.0 Å². The maximum absolute atomic E-state index is 11.6. The van der Waals surface area contributed by atoms with Crippen LogP contribution in [-0.2, 0) is 0 Å². The minimum absolute atomic E-state index is 0.0276. The van der Waals surface area contributed by atoms with Crippen LogP contribution in [0.3, 0.4) is 0 Å². The minimum Gasteiger partial charge on any atom is -0.360 e. The molecule has 2 aromatic rings. The maximum Gasteiger partial charge on any atom is 0.258 e. The summed E-state index contributed by atoms with van der Waals surface area (Å²) >= 11 is 17.8. The highest BCUT2D eigenvalue weighted by molar-refractivity contribution is 6.68. The first-order valence-corrected chi connectivity index (χ1v) is 6.70. The highest BCUT2D eigenvalue weighted by atomic mass is 35.5. The summed E-state index contributed by atoms with van der Waals surface area (Å²) < 4.78 is 5.21. The van der Waals surface area contributed by atoms with Gasteiger partial charge in [-0.25, -0.2) is 0 Å². The molecule has 0 radical (unpaired) electrons. The highest BCUT2D eigenvalue weighted by Gasteiger charge is 2.26. The number of aromatic nitrogens is 1. The van der Waals surface area contributed by atoms with Gasteiger partial charge in [-0.1, -0.05) is 48.3 Å². The molecule has 0 bridgehead atoms. The van der Waals surface area contributed by atoms with Crippen LogP contribution in [0.2, 0.25) is 10.0 Å². The van der Waals surface area contributed by atoms with Crippen molar-refractivity contribution < 1.29 is 9.32 Å². The second kappa shape index (κ2) is 5.53. The molecule has 2 rings (SSSR count). The minimum atomic E-state index is -0.643. The zero-order valence-electron chi connectivity index (χ0n) is 10.2. The third kappa shape index (κ3) is 2.64. The number of carbonyl (C=O) groups is 1. The van der Waals surface area contributed by atoms with E-state index in [1.807, 2.05) is 13.8 Å². The molecular weight excluding hydrogens is 309 g/mol. The van der Waals surface area contributed by atoms with Gasteiger partial charge in [0.2, 0.25) is 0 Å². The van der Waals surface area contributed by atoms with Gasteiger partial charge in [0.25, 0.3) is 5.24 Å². The third-order valence-corrected chi connectivity index (χ3v) is 3.46. The standard InChI is InChI=1S/C13H10Cl3NO2/c1-6(2)12-10(13(16)18)11(17-19-12)9-7(14)4-3-5-8(9)15/h3-6H,1-2H3. The van der Waals surface area contributed by atoms with E-state index >= 15 is 0 Å². The van der Waals surface area contributed by atoms with E-state index in [1.165, 1.54) is 0 Å². The summed E-state index contributed by atoms with van der Waals surface area (Å²) in [7, 11) is 0. The van der Waals surface area contributed by atoms with E-state index in [4.69, 9.17) is 39.3 Å². The average Bonchev–Trinajstić information content (AvgIpc) is 2.73. The Bertz CT molecular complexity index is 615. The molecule has 0 atom stereocenters. The molecule has 0 N–H and O–H groups in total. The van der Waals surface area contributed by atoms with Crippen LogP contribution in [0.15, 0.2) is 22.7 Å². The molecule has 1 aromatic carbocycles. The maximum atomic E-state index is 11.6. The summed E-state index contributed by atoms with van der Waals surface area (Å²) in [6.45, 7) is 3.75. The van der Waals surface area contributed by atoms with Crippen LogP contribution in [0.5, 0.6) is 0 Å². The van der Waals surface area contributed by atoms with Crippen LogP contribution in [-0.4, -0.2) is 10.4 Å². The van der Waals surface area contributed by atoms with E-state index in [0.717, 1.165) is 0 Å². The van der Waals surface area contributed by atoms with Crippen molar-refractivity contribution >= 4 is 40.0 Å². The van der Waals surface area contributed by atoms with Crippen molar-refractivity contribution in [2.24, 2.45) is 0 Å². The number of nitrogens with zero attached hydrogens (tertiary/aromatic N) is 1. The Hall–Kier alpha value is -1.03. The van der Waals surface area contributed by atoms with Gasteiger partial charge in [0, 0.05) is 11.5 Å². The zero-order valence-corrected chi connectivity index (χ0v) is 12.5. The lowest BCUT2D eigenvalue weighted by molar-refractivity contribution is 0.107. The lowest BCUT2D eigenvalue weighted by atomic mass is 10.0. The topological polar surface area (TPSA) is 43.1 Å². The quantitative estimate of drug-likeness (QED) is 0.735. The Morgan fingerprint density at radius 2 is 1.84 bits per heavy atom. The normalized spacial score (nSPS) is 11.1. The fraction of sp³-hybridized carbons (Fsp3) is 0.231. The number of rotatable bonds is 3. The van der Waals surface area contributed by atoms with Crippen LogP contribution in [0.4, 0.5) is 0 Å². The fourth-order valence-corrected chi connectivity index (χ4v) is 2.54. The Labute approximate surface area is 125 Å². The predicted molar refractivity (Wildman–Crippen MR) is 76.2 cm³/mol. The number of carbonyl (C=O) groups excluding carboxylic acids is 1. The summed E-state index contributed by atoms with van der Waals surface area (Å²) in [5.74, 6) is 0.395. The van der Waals surface area contributed by atoms with E-state index in [1.54, 1.807) is 18.2 Å². The zero-order chi connectivity index (χ0) is 14.2. The molecule has 0 aliphatic heterocycles. The Morgan fingerprint density at radius 1 is 1.26 bits per heavy atom. The molecule has 1 heterocycles. The van der Waals surface area contributed by atoms with Crippen LogP contribution in [0.25, 0.3) is 11.3 Å². The second-order valence-corrected chi connectivity index (χ2v) is 5.45.